The van der Waals surface area contributed by atoms with Gasteiger partial charge in [0.15, 0.2) is 0 Å². The Balaban J connectivity index is 1.93. The highest BCUT2D eigenvalue weighted by Gasteiger charge is 2.46. The Hall–Kier alpha value is -1.50. The summed E-state index contributed by atoms with van der Waals surface area (Å²) in [4.78, 5) is 25.1. The molecule has 2 N–H and O–H groups in total. The fourth-order valence-electron chi connectivity index (χ4n) is 2.19. The fourth-order valence-corrected chi connectivity index (χ4v) is 2.66. The van der Waals surface area contributed by atoms with Gasteiger partial charge in [-0.25, -0.2) is 4.79 Å². The molecule has 0 saturated carbocycles. The number of rotatable bonds is 6. The molecule has 1 aromatic carbocycles. The summed E-state index contributed by atoms with van der Waals surface area (Å²) in [6.45, 7) is 3.21. The minimum atomic E-state index is -1.03. The van der Waals surface area contributed by atoms with E-state index in [4.69, 9.17) is 27.9 Å². The van der Waals surface area contributed by atoms with E-state index in [0.29, 0.717) is 22.2 Å². The van der Waals surface area contributed by atoms with E-state index in [0.717, 1.165) is 4.90 Å². The van der Waals surface area contributed by atoms with Gasteiger partial charge in [-0.3, -0.25) is 9.69 Å². The molecule has 126 valence electrons. The highest BCUT2D eigenvalue weighted by atomic mass is 35.5. The van der Waals surface area contributed by atoms with Gasteiger partial charge >= 0.3 is 6.03 Å². The standard InChI is InChI=1S/C15H18Cl2N2O4/c1-3-15(2)13(21)19(14(22)18-15)7-10(20)8-23-12-5-4-9(16)6-11(12)17/h4-6,10,20H,3,7-8H2,1-2H3,(H,18,22)/t10-,15+/m1/s1. The van der Waals surface area contributed by atoms with Crippen LogP contribution in [-0.2, 0) is 4.79 Å². The molecule has 0 aromatic heterocycles. The third-order valence-corrected chi connectivity index (χ3v) is 4.30. The Bertz CT molecular complexity index is 625. The quantitative estimate of drug-likeness (QED) is 0.763. The molecule has 1 aromatic rings. The van der Waals surface area contributed by atoms with Crippen LogP contribution < -0.4 is 10.1 Å². The van der Waals surface area contributed by atoms with Crippen LogP contribution >= 0.6 is 23.2 Å². The molecule has 0 aliphatic carbocycles. The largest absolute Gasteiger partial charge is 0.489 e. The summed E-state index contributed by atoms with van der Waals surface area (Å²) < 4.78 is 5.40. The molecule has 0 bridgehead atoms. The monoisotopic (exact) mass is 360 g/mol. The van der Waals surface area contributed by atoms with Gasteiger partial charge in [-0.1, -0.05) is 30.1 Å². The second-order valence-corrected chi connectivity index (χ2v) is 6.41. The molecule has 0 radical (unpaired) electrons. The van der Waals surface area contributed by atoms with Gasteiger partial charge in [0.2, 0.25) is 0 Å². The summed E-state index contributed by atoms with van der Waals surface area (Å²) >= 11 is 11.8. The Labute approximate surface area is 144 Å². The van der Waals surface area contributed by atoms with Crippen molar-refractivity contribution in [3.05, 3.63) is 28.2 Å². The first-order valence-corrected chi connectivity index (χ1v) is 7.92. The minimum Gasteiger partial charge on any atom is -0.489 e. The van der Waals surface area contributed by atoms with E-state index in [1.807, 2.05) is 6.92 Å². The van der Waals surface area contributed by atoms with Crippen LogP contribution in [0.5, 0.6) is 5.75 Å². The smallest absolute Gasteiger partial charge is 0.325 e. The van der Waals surface area contributed by atoms with Crippen LogP contribution in [0.15, 0.2) is 18.2 Å². The van der Waals surface area contributed by atoms with Crippen molar-refractivity contribution in [3.63, 3.8) is 0 Å². The molecule has 0 unspecified atom stereocenters. The maximum Gasteiger partial charge on any atom is 0.325 e. The van der Waals surface area contributed by atoms with Crippen molar-refractivity contribution in [3.8, 4) is 5.75 Å². The molecule has 1 heterocycles. The Morgan fingerprint density at radius 1 is 1.39 bits per heavy atom. The third kappa shape index (κ3) is 3.88. The van der Waals surface area contributed by atoms with Crippen molar-refractivity contribution in [2.75, 3.05) is 13.2 Å². The number of nitrogens with zero attached hydrogens (tertiary/aromatic N) is 1. The molecule has 1 fully saturated rings. The first-order valence-electron chi connectivity index (χ1n) is 7.17. The van der Waals surface area contributed by atoms with Crippen molar-refractivity contribution in [2.24, 2.45) is 0 Å². The van der Waals surface area contributed by atoms with E-state index in [1.165, 1.54) is 6.07 Å². The zero-order valence-corrected chi connectivity index (χ0v) is 14.3. The lowest BCUT2D eigenvalue weighted by molar-refractivity contribution is -0.132. The molecular formula is C15H18Cl2N2O4. The lowest BCUT2D eigenvalue weighted by Gasteiger charge is -2.21. The molecule has 2 atom stereocenters. The minimum absolute atomic E-state index is 0.110. The van der Waals surface area contributed by atoms with E-state index in [9.17, 15) is 14.7 Å². The maximum absolute atomic E-state index is 12.2. The van der Waals surface area contributed by atoms with Crippen molar-refractivity contribution in [2.45, 2.75) is 31.9 Å². The third-order valence-electron chi connectivity index (χ3n) is 3.77. The maximum atomic E-state index is 12.2. The summed E-state index contributed by atoms with van der Waals surface area (Å²) in [5.41, 5.74) is -0.919. The van der Waals surface area contributed by atoms with Crippen LogP contribution in [0.25, 0.3) is 0 Å². The number of aliphatic hydroxyl groups is 1. The van der Waals surface area contributed by atoms with Gasteiger partial charge in [-0.2, -0.15) is 0 Å². The highest BCUT2D eigenvalue weighted by Crippen LogP contribution is 2.27. The Kier molecular flexibility index (Phi) is 5.39. The van der Waals surface area contributed by atoms with Crippen LogP contribution in [0.4, 0.5) is 4.79 Å². The predicted molar refractivity (Wildman–Crippen MR) is 86.9 cm³/mol. The number of nitrogens with one attached hydrogen (secondary N) is 1. The number of amides is 3. The van der Waals surface area contributed by atoms with Crippen LogP contribution in [0, 0.1) is 0 Å². The van der Waals surface area contributed by atoms with Gasteiger partial charge in [0.05, 0.1) is 11.6 Å². The second-order valence-electron chi connectivity index (χ2n) is 5.57. The number of hydrogen-bond donors (Lipinski definition) is 2. The van der Waals surface area contributed by atoms with Crippen LogP contribution in [0.1, 0.15) is 20.3 Å². The van der Waals surface area contributed by atoms with Crippen LogP contribution in [-0.4, -0.2) is 46.7 Å². The number of halogens is 2. The first-order chi connectivity index (χ1) is 10.8. The van der Waals surface area contributed by atoms with Crippen LogP contribution in [0.3, 0.4) is 0 Å². The molecule has 0 spiro atoms. The summed E-state index contributed by atoms with van der Waals surface area (Å²) in [5, 5.41) is 13.4. The van der Waals surface area contributed by atoms with Gasteiger partial charge in [0.25, 0.3) is 5.91 Å². The van der Waals surface area contributed by atoms with Gasteiger partial charge in [0, 0.05) is 5.02 Å². The summed E-state index contributed by atoms with van der Waals surface area (Å²) in [5.74, 6) is 0.0132. The van der Waals surface area contributed by atoms with Crippen molar-refractivity contribution >= 4 is 35.1 Å². The van der Waals surface area contributed by atoms with Crippen molar-refractivity contribution in [1.29, 1.82) is 0 Å². The zero-order valence-electron chi connectivity index (χ0n) is 12.8. The number of benzene rings is 1. The number of imide groups is 1. The van der Waals surface area contributed by atoms with Gasteiger partial charge < -0.3 is 15.2 Å². The summed E-state index contributed by atoms with van der Waals surface area (Å²) in [6, 6.07) is 4.20. The Morgan fingerprint density at radius 3 is 2.65 bits per heavy atom. The average Bonchev–Trinajstić information content (AvgIpc) is 2.70. The van der Waals surface area contributed by atoms with E-state index < -0.39 is 17.7 Å². The van der Waals surface area contributed by atoms with E-state index in [-0.39, 0.29) is 19.1 Å². The van der Waals surface area contributed by atoms with Gasteiger partial charge in [-0.15, -0.1) is 0 Å². The fraction of sp³-hybridized carbons (Fsp3) is 0.467. The SMILES string of the molecule is CC[C@]1(C)NC(=O)N(C[C@@H](O)COc2ccc(Cl)cc2Cl)C1=O. The molecule has 6 nitrogen and oxygen atoms in total. The van der Waals surface area contributed by atoms with Crippen molar-refractivity contribution < 1.29 is 19.4 Å². The normalized spacial score (nSPS) is 22.2. The van der Waals surface area contributed by atoms with Crippen LogP contribution in [0.2, 0.25) is 10.0 Å². The number of urea groups is 1. The highest BCUT2D eigenvalue weighted by molar-refractivity contribution is 6.35. The zero-order chi connectivity index (χ0) is 17.2. The summed E-state index contributed by atoms with van der Waals surface area (Å²) in [6.07, 6.45) is -0.559. The first kappa shape index (κ1) is 17.8. The molecule has 8 heteroatoms. The molecule has 1 saturated heterocycles. The van der Waals surface area contributed by atoms with Crippen molar-refractivity contribution in [1.82, 2.24) is 10.2 Å². The molecule has 3 amide bonds. The predicted octanol–water partition coefficient (Wildman–Crippen LogP) is 2.45. The number of aliphatic hydroxyl groups excluding tert-OH is 1. The number of hydrogen-bond acceptors (Lipinski definition) is 4. The number of carbonyl (C=O) groups is 2. The number of β-amino-alcohol motifs (C(OH)–C–C–N with tert-alkyl or cyclic N) is 1. The number of carbonyl (C=O) groups excluding carboxylic acids is 2. The van der Waals surface area contributed by atoms with E-state index in [2.05, 4.69) is 5.32 Å². The lowest BCUT2D eigenvalue weighted by atomic mass is 9.99. The summed E-state index contributed by atoms with van der Waals surface area (Å²) in [7, 11) is 0. The lowest BCUT2D eigenvalue weighted by Crippen LogP contribution is -2.44. The molecule has 23 heavy (non-hydrogen) atoms. The van der Waals surface area contributed by atoms with E-state index in [1.54, 1.807) is 19.1 Å². The second kappa shape index (κ2) is 6.95. The molecule has 1 aliphatic rings. The average molecular weight is 361 g/mol. The van der Waals surface area contributed by atoms with E-state index >= 15 is 0 Å². The van der Waals surface area contributed by atoms with Gasteiger partial charge in [-0.05, 0) is 31.5 Å². The molecule has 2 rings (SSSR count). The topological polar surface area (TPSA) is 78.9 Å². The molecule has 1 aliphatic heterocycles. The number of ether oxygens (including phenoxy) is 1. The Morgan fingerprint density at radius 2 is 2.09 bits per heavy atom. The van der Waals surface area contributed by atoms with Gasteiger partial charge in [0.1, 0.15) is 24.0 Å². The molecular weight excluding hydrogens is 343 g/mol.